The van der Waals surface area contributed by atoms with Gasteiger partial charge in [-0.25, -0.2) is 19.6 Å². The lowest BCUT2D eigenvalue weighted by atomic mass is 10.0. The van der Waals surface area contributed by atoms with Crippen LogP contribution in [0.25, 0.3) is 22.5 Å². The van der Waals surface area contributed by atoms with Gasteiger partial charge < -0.3 is 39.9 Å². The Labute approximate surface area is 318 Å². The zero-order chi connectivity index (χ0) is 39.5. The van der Waals surface area contributed by atoms with Gasteiger partial charge in [-0.15, -0.1) is 0 Å². The van der Waals surface area contributed by atoms with E-state index in [-0.39, 0.29) is 35.7 Å². The molecule has 14 nitrogen and oxygen atoms in total. The third-order valence-corrected chi connectivity index (χ3v) is 9.61. The molecule has 0 aliphatic carbocycles. The molecule has 5 rings (SSSR count). The molecule has 2 aromatic heterocycles. The van der Waals surface area contributed by atoms with Crippen LogP contribution in [0.5, 0.6) is 0 Å². The van der Waals surface area contributed by atoms with Crippen molar-refractivity contribution in [1.82, 2.24) is 40.4 Å². The van der Waals surface area contributed by atoms with Gasteiger partial charge in [0.05, 0.1) is 35.9 Å². The molecule has 2 fully saturated rings. The highest BCUT2D eigenvalue weighted by atomic mass is 16.6. The molecule has 0 bridgehead atoms. The van der Waals surface area contributed by atoms with E-state index in [1.807, 2.05) is 61.8 Å². The normalized spacial score (nSPS) is 18.9. The number of hydrogen-bond donors (Lipinski definition) is 4. The molecule has 4 heterocycles. The number of aromatic nitrogens is 4. The van der Waals surface area contributed by atoms with E-state index < -0.39 is 35.5 Å². The molecule has 2 aliphatic heterocycles. The van der Waals surface area contributed by atoms with E-state index in [4.69, 9.17) is 9.47 Å². The summed E-state index contributed by atoms with van der Waals surface area (Å²) in [5, 5.41) is 5.58. The molecule has 4 amide bonds. The molecule has 3 aromatic rings. The Balaban J connectivity index is 1.25. The summed E-state index contributed by atoms with van der Waals surface area (Å²) in [4.78, 5) is 72.5. The van der Waals surface area contributed by atoms with Gasteiger partial charge in [-0.3, -0.25) is 9.59 Å². The maximum Gasteiger partial charge on any atom is 0.408 e. The van der Waals surface area contributed by atoms with Crippen molar-refractivity contribution in [2.75, 3.05) is 13.1 Å². The quantitative estimate of drug-likeness (QED) is 0.173. The van der Waals surface area contributed by atoms with Crippen LogP contribution in [0.15, 0.2) is 36.7 Å². The van der Waals surface area contributed by atoms with Crippen LogP contribution in [0.4, 0.5) is 9.59 Å². The molecule has 0 radical (unpaired) electrons. The van der Waals surface area contributed by atoms with Gasteiger partial charge in [-0.2, -0.15) is 0 Å². The number of likely N-dealkylation sites (tertiary alicyclic amines) is 2. The molecule has 4 N–H and O–H groups in total. The predicted molar refractivity (Wildman–Crippen MR) is 205 cm³/mol. The molecule has 2 aliphatic rings. The minimum atomic E-state index is -0.722. The number of rotatable bonds is 10. The van der Waals surface area contributed by atoms with Gasteiger partial charge in [0.1, 0.15) is 34.9 Å². The van der Waals surface area contributed by atoms with E-state index in [0.717, 1.165) is 48.2 Å². The molecule has 1 aromatic carbocycles. The van der Waals surface area contributed by atoms with E-state index in [9.17, 15) is 19.2 Å². The first-order valence-electron chi connectivity index (χ1n) is 19.1. The van der Waals surface area contributed by atoms with Gasteiger partial charge in [-0.1, -0.05) is 52.0 Å². The second kappa shape index (κ2) is 16.2. The van der Waals surface area contributed by atoms with E-state index in [0.29, 0.717) is 24.7 Å². The zero-order valence-corrected chi connectivity index (χ0v) is 33.4. The summed E-state index contributed by atoms with van der Waals surface area (Å²) in [6.45, 7) is 19.5. The number of nitrogens with one attached hydrogen (secondary N) is 4. The van der Waals surface area contributed by atoms with Gasteiger partial charge in [0, 0.05) is 13.1 Å². The lowest BCUT2D eigenvalue weighted by Crippen LogP contribution is -2.52. The number of nitrogens with zero attached hydrogens (tertiary/aromatic N) is 4. The first kappa shape index (κ1) is 40.3. The number of imidazole rings is 2. The molecule has 2 saturated heterocycles. The summed E-state index contributed by atoms with van der Waals surface area (Å²) in [6.07, 6.45) is 5.54. The lowest BCUT2D eigenvalue weighted by Gasteiger charge is -2.31. The minimum absolute atomic E-state index is 0.132. The van der Waals surface area contributed by atoms with Crippen LogP contribution in [0, 0.1) is 11.8 Å². The zero-order valence-electron chi connectivity index (χ0n) is 33.4. The van der Waals surface area contributed by atoms with Crippen molar-refractivity contribution in [3.8, 4) is 22.5 Å². The number of amides is 4. The number of hydrogen-bond acceptors (Lipinski definition) is 8. The Hall–Kier alpha value is -4.88. The number of alkyl carbamates (subject to hydrolysis) is 2. The van der Waals surface area contributed by atoms with Crippen molar-refractivity contribution in [2.24, 2.45) is 11.8 Å². The Morgan fingerprint density at radius 1 is 0.667 bits per heavy atom. The second-order valence-electron chi connectivity index (χ2n) is 17.1. The number of ether oxygens (including phenoxy) is 2. The molecule has 294 valence electrons. The average molecular weight is 747 g/mol. The number of carbonyl (C=O) groups is 4. The molecule has 0 unspecified atom stereocenters. The smallest absolute Gasteiger partial charge is 0.408 e. The fourth-order valence-corrected chi connectivity index (χ4v) is 7.02. The van der Waals surface area contributed by atoms with Crippen LogP contribution in [0.2, 0.25) is 0 Å². The molecule has 0 saturated carbocycles. The van der Waals surface area contributed by atoms with E-state index in [2.05, 4.69) is 30.6 Å². The van der Waals surface area contributed by atoms with Crippen molar-refractivity contribution in [1.29, 1.82) is 0 Å². The van der Waals surface area contributed by atoms with Crippen molar-refractivity contribution in [3.63, 3.8) is 0 Å². The molecule has 0 spiro atoms. The number of benzene rings is 1. The van der Waals surface area contributed by atoms with Crippen LogP contribution in [0.3, 0.4) is 0 Å². The van der Waals surface area contributed by atoms with Gasteiger partial charge in [0.15, 0.2) is 0 Å². The summed E-state index contributed by atoms with van der Waals surface area (Å²) >= 11 is 0. The predicted octanol–water partition coefficient (Wildman–Crippen LogP) is 6.89. The molecular formula is C40H58N8O6. The summed E-state index contributed by atoms with van der Waals surface area (Å²) in [7, 11) is 0. The van der Waals surface area contributed by atoms with E-state index in [1.54, 1.807) is 53.9 Å². The van der Waals surface area contributed by atoms with Crippen molar-refractivity contribution in [3.05, 3.63) is 48.3 Å². The van der Waals surface area contributed by atoms with E-state index in [1.165, 1.54) is 0 Å². The molecule has 54 heavy (non-hydrogen) atoms. The van der Waals surface area contributed by atoms with Gasteiger partial charge in [-0.05, 0) is 90.2 Å². The van der Waals surface area contributed by atoms with Crippen LogP contribution < -0.4 is 10.6 Å². The van der Waals surface area contributed by atoms with Gasteiger partial charge >= 0.3 is 12.2 Å². The summed E-state index contributed by atoms with van der Waals surface area (Å²) in [5.74, 6) is 0.841. The summed E-state index contributed by atoms with van der Waals surface area (Å²) < 4.78 is 10.9. The largest absolute Gasteiger partial charge is 0.444 e. The topological polar surface area (TPSA) is 175 Å². The lowest BCUT2D eigenvalue weighted by molar-refractivity contribution is -0.136. The molecular weight excluding hydrogens is 688 g/mol. The van der Waals surface area contributed by atoms with Crippen molar-refractivity contribution >= 4 is 24.0 Å². The highest BCUT2D eigenvalue weighted by Gasteiger charge is 2.39. The number of carbonyl (C=O) groups excluding carboxylic acids is 4. The fraction of sp³-hybridized carbons (Fsp3) is 0.600. The third kappa shape index (κ3) is 9.80. The molecule has 14 heteroatoms. The minimum Gasteiger partial charge on any atom is -0.444 e. The third-order valence-electron chi connectivity index (χ3n) is 9.61. The Bertz CT molecular complexity index is 1650. The van der Waals surface area contributed by atoms with Crippen LogP contribution >= 0.6 is 0 Å². The summed E-state index contributed by atoms with van der Waals surface area (Å²) in [5.41, 5.74) is 2.18. The first-order valence-corrected chi connectivity index (χ1v) is 19.1. The maximum atomic E-state index is 13.8. The van der Waals surface area contributed by atoms with Crippen LogP contribution in [0.1, 0.15) is 119 Å². The SMILES string of the molecule is CC(C)[C@@H](NC(=O)OC(C)(C)C)C(=O)N1CCC[C@H]1c1ncc(-c2ccc(-c3cnc([C@@H]4CCCN4C(=O)[C@H](NC(=O)OC(C)(C)C)C(C)C)[nH]3)cc2)[nH]1. The standard InChI is InChI=1S/C40H58N8O6/c1-23(2)31(45-37(51)53-39(5,6)7)35(49)47-19-11-13-29(47)33-41-21-27(43-33)25-15-17-26(18-16-25)28-22-42-34(44-28)30-14-12-20-48(30)36(50)32(24(3)4)46-38(52)54-40(8,9)10/h15-18,21-24,29-32H,11-14,19-20H2,1-10H3,(H,41,43)(H,42,44)(H,45,51)(H,46,52)/t29-,30-,31+,32+/m0/s1. The monoisotopic (exact) mass is 746 g/mol. The van der Waals surface area contributed by atoms with Crippen molar-refractivity contribution < 1.29 is 28.7 Å². The van der Waals surface area contributed by atoms with Gasteiger partial charge in [0.25, 0.3) is 0 Å². The maximum absolute atomic E-state index is 13.8. The highest BCUT2D eigenvalue weighted by molar-refractivity contribution is 5.87. The van der Waals surface area contributed by atoms with Gasteiger partial charge in [0.2, 0.25) is 11.8 Å². The second-order valence-corrected chi connectivity index (χ2v) is 17.1. The Morgan fingerprint density at radius 3 is 1.33 bits per heavy atom. The molecule has 4 atom stereocenters. The van der Waals surface area contributed by atoms with Crippen LogP contribution in [-0.2, 0) is 19.1 Å². The Morgan fingerprint density at radius 2 is 1.02 bits per heavy atom. The average Bonchev–Trinajstić information content (AvgIpc) is 3.90. The fourth-order valence-electron chi connectivity index (χ4n) is 7.02. The first-order chi connectivity index (χ1) is 25.3. The van der Waals surface area contributed by atoms with Crippen LogP contribution in [-0.4, -0.2) is 90.1 Å². The highest BCUT2D eigenvalue weighted by Crippen LogP contribution is 2.35. The van der Waals surface area contributed by atoms with E-state index >= 15 is 0 Å². The Kier molecular flexibility index (Phi) is 12.1. The summed E-state index contributed by atoms with van der Waals surface area (Å²) in [6, 6.07) is 6.11. The van der Waals surface area contributed by atoms with Crippen molar-refractivity contribution in [2.45, 2.75) is 130 Å². The number of aromatic amines is 2. The number of H-pyrrole nitrogens is 2.